The number of likely N-dealkylation sites (N-methyl/N-ethyl adjacent to an activating group) is 1. The number of nitrogens with two attached hydrogens (primary N) is 1. The van der Waals surface area contributed by atoms with Crippen LogP contribution in [0.15, 0.2) is 18.2 Å². The summed E-state index contributed by atoms with van der Waals surface area (Å²) in [6.45, 7) is 5.82. The fourth-order valence-electron chi connectivity index (χ4n) is 1.85. The number of nitrogens with zero attached hydrogens (tertiary/aromatic N) is 1. The van der Waals surface area contributed by atoms with Crippen molar-refractivity contribution in [2.24, 2.45) is 5.73 Å². The fraction of sp³-hybridized carbons (Fsp3) is 0.417. The zero-order valence-corrected chi connectivity index (χ0v) is 12.2. The van der Waals surface area contributed by atoms with E-state index in [4.69, 9.17) is 41.2 Å². The minimum atomic E-state index is -0.161. The molecule has 0 amide bonds. The molecule has 1 aromatic rings. The molecule has 0 saturated carbocycles. The van der Waals surface area contributed by atoms with Crippen molar-refractivity contribution in [3.8, 4) is 0 Å². The third-order valence-corrected chi connectivity index (χ3v) is 3.78. The molecule has 1 atom stereocenters. The molecular weight excluding hydrogens is 275 g/mol. The zero-order chi connectivity index (χ0) is 13.0. The summed E-state index contributed by atoms with van der Waals surface area (Å²) in [6.07, 6.45) is 0. The molecule has 0 radical (unpaired) electrons. The van der Waals surface area contributed by atoms with Crippen molar-refractivity contribution in [1.29, 1.82) is 0 Å². The number of hydrogen-bond acceptors (Lipinski definition) is 2. The summed E-state index contributed by atoms with van der Waals surface area (Å²) in [5, 5.41) is 1.05. The predicted octanol–water partition coefficient (Wildman–Crippen LogP) is 3.66. The SMILES string of the molecule is CCN(CC)C(C(N)=S)c1cccc(Cl)c1Cl. The molecule has 5 heteroatoms. The van der Waals surface area contributed by atoms with E-state index in [1.54, 1.807) is 6.07 Å². The third kappa shape index (κ3) is 3.32. The van der Waals surface area contributed by atoms with E-state index in [2.05, 4.69) is 18.7 Å². The summed E-state index contributed by atoms with van der Waals surface area (Å²) >= 11 is 17.4. The van der Waals surface area contributed by atoms with Crippen LogP contribution >= 0.6 is 35.4 Å². The first kappa shape index (κ1) is 14.7. The van der Waals surface area contributed by atoms with Crippen molar-refractivity contribution in [1.82, 2.24) is 4.90 Å². The normalized spacial score (nSPS) is 12.8. The lowest BCUT2D eigenvalue weighted by Gasteiger charge is -2.29. The Morgan fingerprint density at radius 2 is 1.94 bits per heavy atom. The van der Waals surface area contributed by atoms with Gasteiger partial charge in [-0.15, -0.1) is 0 Å². The van der Waals surface area contributed by atoms with Gasteiger partial charge < -0.3 is 5.73 Å². The van der Waals surface area contributed by atoms with Gasteiger partial charge in [0, 0.05) is 0 Å². The summed E-state index contributed by atoms with van der Waals surface area (Å²) in [6, 6.07) is 5.37. The highest BCUT2D eigenvalue weighted by atomic mass is 35.5. The van der Waals surface area contributed by atoms with E-state index < -0.39 is 0 Å². The molecule has 0 saturated heterocycles. The average molecular weight is 291 g/mol. The fourth-order valence-corrected chi connectivity index (χ4v) is 2.54. The molecule has 0 aliphatic rings. The van der Waals surface area contributed by atoms with Crippen molar-refractivity contribution in [2.75, 3.05) is 13.1 Å². The van der Waals surface area contributed by atoms with Gasteiger partial charge in [-0.2, -0.15) is 0 Å². The Kier molecular flexibility index (Phi) is 5.67. The predicted molar refractivity (Wildman–Crippen MR) is 78.9 cm³/mol. The van der Waals surface area contributed by atoms with Crippen LogP contribution in [-0.2, 0) is 0 Å². The van der Waals surface area contributed by atoms with Crippen LogP contribution in [0.2, 0.25) is 10.0 Å². The number of benzene rings is 1. The van der Waals surface area contributed by atoms with Gasteiger partial charge in [0.15, 0.2) is 0 Å². The Morgan fingerprint density at radius 3 is 2.41 bits per heavy atom. The number of rotatable bonds is 5. The Hall–Kier alpha value is -0.350. The maximum atomic E-state index is 6.22. The van der Waals surface area contributed by atoms with Crippen LogP contribution in [0.4, 0.5) is 0 Å². The molecule has 0 spiro atoms. The first-order valence-corrected chi connectivity index (χ1v) is 6.66. The Morgan fingerprint density at radius 1 is 1.35 bits per heavy atom. The molecule has 17 heavy (non-hydrogen) atoms. The summed E-state index contributed by atoms with van der Waals surface area (Å²) in [5.41, 5.74) is 6.70. The van der Waals surface area contributed by atoms with Crippen LogP contribution < -0.4 is 5.73 Å². The first-order valence-electron chi connectivity index (χ1n) is 5.50. The van der Waals surface area contributed by atoms with E-state index in [0.29, 0.717) is 15.0 Å². The maximum absolute atomic E-state index is 6.22. The molecule has 1 aromatic carbocycles. The van der Waals surface area contributed by atoms with Gasteiger partial charge >= 0.3 is 0 Å². The summed E-state index contributed by atoms with van der Waals surface area (Å²) in [7, 11) is 0. The van der Waals surface area contributed by atoms with Crippen molar-refractivity contribution >= 4 is 40.4 Å². The standard InChI is InChI=1S/C12H16Cl2N2S/c1-3-16(4-2)11(12(15)17)8-6-5-7-9(13)10(8)14/h5-7,11H,3-4H2,1-2H3,(H2,15,17). The summed E-state index contributed by atoms with van der Waals surface area (Å²) in [4.78, 5) is 2.57. The van der Waals surface area contributed by atoms with Crippen LogP contribution in [0.25, 0.3) is 0 Å². The van der Waals surface area contributed by atoms with Gasteiger partial charge in [0.2, 0.25) is 0 Å². The largest absolute Gasteiger partial charge is 0.392 e. The Labute approximate surface area is 118 Å². The van der Waals surface area contributed by atoms with Gasteiger partial charge in [-0.25, -0.2) is 0 Å². The van der Waals surface area contributed by atoms with E-state index >= 15 is 0 Å². The van der Waals surface area contributed by atoms with Crippen LogP contribution in [-0.4, -0.2) is 23.0 Å². The molecule has 0 bridgehead atoms. The maximum Gasteiger partial charge on any atom is 0.0948 e. The smallest absolute Gasteiger partial charge is 0.0948 e. The van der Waals surface area contributed by atoms with Crippen molar-refractivity contribution in [3.05, 3.63) is 33.8 Å². The number of hydrogen-bond donors (Lipinski definition) is 1. The lowest BCUT2D eigenvalue weighted by atomic mass is 10.1. The van der Waals surface area contributed by atoms with E-state index in [-0.39, 0.29) is 6.04 Å². The third-order valence-electron chi connectivity index (χ3n) is 2.72. The number of halogens is 2. The topological polar surface area (TPSA) is 29.3 Å². The molecular formula is C12H16Cl2N2S. The molecule has 0 aliphatic heterocycles. The monoisotopic (exact) mass is 290 g/mol. The minimum absolute atomic E-state index is 0.161. The van der Waals surface area contributed by atoms with Gasteiger partial charge in [0.05, 0.1) is 21.1 Å². The first-order chi connectivity index (χ1) is 8.02. The number of thiocarbonyl (C=S) groups is 1. The second kappa shape index (κ2) is 6.55. The molecule has 1 unspecified atom stereocenters. The van der Waals surface area contributed by atoms with Gasteiger partial charge in [-0.05, 0) is 24.7 Å². The molecule has 0 heterocycles. The lowest BCUT2D eigenvalue weighted by Crippen LogP contribution is -2.36. The van der Waals surface area contributed by atoms with Gasteiger partial charge in [0.1, 0.15) is 0 Å². The second-order valence-corrected chi connectivity index (χ2v) is 4.93. The molecule has 0 fully saturated rings. The van der Waals surface area contributed by atoms with Crippen LogP contribution in [0.5, 0.6) is 0 Å². The second-order valence-electron chi connectivity index (χ2n) is 3.67. The Balaban J connectivity index is 3.23. The van der Waals surface area contributed by atoms with Crippen LogP contribution in [0, 0.1) is 0 Å². The van der Waals surface area contributed by atoms with E-state index in [1.807, 2.05) is 12.1 Å². The van der Waals surface area contributed by atoms with E-state index in [0.717, 1.165) is 18.7 Å². The van der Waals surface area contributed by atoms with Crippen molar-refractivity contribution < 1.29 is 0 Å². The average Bonchev–Trinajstić information content (AvgIpc) is 2.30. The van der Waals surface area contributed by atoms with Gasteiger partial charge in [-0.3, -0.25) is 4.90 Å². The molecule has 0 aliphatic carbocycles. The van der Waals surface area contributed by atoms with Gasteiger partial charge in [-0.1, -0.05) is 61.4 Å². The highest BCUT2D eigenvalue weighted by Crippen LogP contribution is 2.32. The van der Waals surface area contributed by atoms with Crippen molar-refractivity contribution in [3.63, 3.8) is 0 Å². The minimum Gasteiger partial charge on any atom is -0.392 e. The quantitative estimate of drug-likeness (QED) is 0.839. The zero-order valence-electron chi connectivity index (χ0n) is 9.91. The van der Waals surface area contributed by atoms with Gasteiger partial charge in [0.25, 0.3) is 0 Å². The highest BCUT2D eigenvalue weighted by Gasteiger charge is 2.23. The van der Waals surface area contributed by atoms with Crippen LogP contribution in [0.1, 0.15) is 25.5 Å². The van der Waals surface area contributed by atoms with Crippen LogP contribution in [0.3, 0.4) is 0 Å². The molecule has 2 nitrogen and oxygen atoms in total. The summed E-state index contributed by atoms with van der Waals surface area (Å²) < 4.78 is 0. The summed E-state index contributed by atoms with van der Waals surface area (Å²) in [5.74, 6) is 0. The molecule has 0 aromatic heterocycles. The Bertz CT molecular complexity index is 405. The highest BCUT2D eigenvalue weighted by molar-refractivity contribution is 7.80. The van der Waals surface area contributed by atoms with E-state index in [9.17, 15) is 0 Å². The molecule has 1 rings (SSSR count). The van der Waals surface area contributed by atoms with E-state index in [1.165, 1.54) is 0 Å². The van der Waals surface area contributed by atoms with Crippen molar-refractivity contribution in [2.45, 2.75) is 19.9 Å². The molecule has 94 valence electrons. The lowest BCUT2D eigenvalue weighted by molar-refractivity contribution is 0.272. The molecule has 2 N–H and O–H groups in total.